The molecule has 3 rings (SSSR count). The highest BCUT2D eigenvalue weighted by Gasteiger charge is 2.08. The van der Waals surface area contributed by atoms with Gasteiger partial charge in [-0.05, 0) is 42.0 Å². The number of nitrogens with one attached hydrogen (secondary N) is 2. The van der Waals surface area contributed by atoms with Crippen LogP contribution in [0.15, 0.2) is 60.1 Å². The molecule has 7 heteroatoms. The first-order valence-corrected chi connectivity index (χ1v) is 9.71. The maximum absolute atomic E-state index is 12.2. The Hall–Kier alpha value is -3.37. The molecule has 0 radical (unpaired) electrons. The smallest absolute Gasteiger partial charge is 0.319 e. The average molecular weight is 392 g/mol. The number of thiophene rings is 1. The number of amides is 2. The lowest BCUT2D eigenvalue weighted by Gasteiger charge is -2.13. The quantitative estimate of drug-likeness (QED) is 0.604. The predicted molar refractivity (Wildman–Crippen MR) is 110 cm³/mol. The minimum Gasteiger partial charge on any atom is -0.439 e. The number of carbonyl (C=O) groups is 1. The van der Waals surface area contributed by atoms with Crippen molar-refractivity contribution in [2.75, 3.05) is 11.9 Å². The van der Waals surface area contributed by atoms with E-state index in [9.17, 15) is 4.79 Å². The van der Waals surface area contributed by atoms with E-state index < -0.39 is 0 Å². The highest BCUT2D eigenvalue weighted by Crippen LogP contribution is 2.22. The number of nitrogens with zero attached hydrogens (tertiary/aromatic N) is 2. The van der Waals surface area contributed by atoms with E-state index in [1.54, 1.807) is 47.7 Å². The number of benzene rings is 1. The largest absolute Gasteiger partial charge is 0.439 e. The fraction of sp³-hybridized carbons (Fsp3) is 0.190. The molecule has 0 saturated carbocycles. The lowest BCUT2D eigenvalue weighted by molar-refractivity contribution is 0.250. The molecule has 0 aliphatic heterocycles. The number of carbonyl (C=O) groups excluding carboxylic acids is 1. The summed E-state index contributed by atoms with van der Waals surface area (Å²) in [6.07, 6.45) is 2.39. The molecule has 2 heterocycles. The minimum atomic E-state index is -0.258. The SMILES string of the molecule is C[C@H](CNC(=O)Nc1cccc(Oc2ccc(C#N)cn2)c1)Cc1cccs1. The Labute approximate surface area is 167 Å². The van der Waals surface area contributed by atoms with Crippen LogP contribution < -0.4 is 15.4 Å². The van der Waals surface area contributed by atoms with Gasteiger partial charge in [-0.3, -0.25) is 0 Å². The molecule has 0 aliphatic carbocycles. The first kappa shape index (κ1) is 19.4. The number of anilines is 1. The third kappa shape index (κ3) is 5.83. The Bertz CT molecular complexity index is 949. The van der Waals surface area contributed by atoms with Crippen molar-refractivity contribution in [3.63, 3.8) is 0 Å². The number of hydrogen-bond donors (Lipinski definition) is 2. The Morgan fingerprint density at radius 1 is 1.29 bits per heavy atom. The van der Waals surface area contributed by atoms with Gasteiger partial charge in [-0.25, -0.2) is 9.78 Å². The summed E-state index contributed by atoms with van der Waals surface area (Å²) in [7, 11) is 0. The van der Waals surface area contributed by atoms with E-state index in [2.05, 4.69) is 34.0 Å². The van der Waals surface area contributed by atoms with Gasteiger partial charge >= 0.3 is 6.03 Å². The lowest BCUT2D eigenvalue weighted by atomic mass is 10.1. The van der Waals surface area contributed by atoms with Crippen LogP contribution in [0.25, 0.3) is 0 Å². The van der Waals surface area contributed by atoms with E-state index in [0.29, 0.717) is 35.3 Å². The van der Waals surface area contributed by atoms with Gasteiger partial charge < -0.3 is 15.4 Å². The standard InChI is InChI=1S/C21H20N4O2S/c1-15(10-19-6-3-9-28-19)13-24-21(26)25-17-4-2-5-18(11-17)27-20-8-7-16(12-22)14-23-20/h2-9,11,14-15H,10,13H2,1H3,(H2,24,25,26)/t15-/m0/s1. The molecule has 1 aromatic carbocycles. The van der Waals surface area contributed by atoms with E-state index in [1.165, 1.54) is 11.1 Å². The van der Waals surface area contributed by atoms with Gasteiger partial charge in [-0.2, -0.15) is 5.26 Å². The van der Waals surface area contributed by atoms with Crippen LogP contribution in [-0.2, 0) is 6.42 Å². The predicted octanol–water partition coefficient (Wildman–Crippen LogP) is 4.81. The molecule has 0 aliphatic rings. The van der Waals surface area contributed by atoms with E-state index in [0.717, 1.165) is 6.42 Å². The van der Waals surface area contributed by atoms with Gasteiger partial charge in [-0.15, -0.1) is 11.3 Å². The van der Waals surface area contributed by atoms with Crippen LogP contribution in [0.2, 0.25) is 0 Å². The number of ether oxygens (including phenoxy) is 1. The molecule has 0 saturated heterocycles. The van der Waals surface area contributed by atoms with Crippen molar-refractivity contribution in [2.45, 2.75) is 13.3 Å². The molecule has 28 heavy (non-hydrogen) atoms. The summed E-state index contributed by atoms with van der Waals surface area (Å²) in [5, 5.41) is 16.6. The fourth-order valence-electron chi connectivity index (χ4n) is 2.55. The molecular weight excluding hydrogens is 372 g/mol. The van der Waals surface area contributed by atoms with Gasteiger partial charge in [0, 0.05) is 35.4 Å². The zero-order chi connectivity index (χ0) is 19.8. The zero-order valence-electron chi connectivity index (χ0n) is 15.4. The molecule has 1 atom stereocenters. The van der Waals surface area contributed by atoms with E-state index in [-0.39, 0.29) is 6.03 Å². The number of aromatic nitrogens is 1. The molecule has 0 fully saturated rings. The monoisotopic (exact) mass is 392 g/mol. The molecule has 3 aromatic rings. The summed E-state index contributed by atoms with van der Waals surface area (Å²) in [4.78, 5) is 17.5. The Kier molecular flexibility index (Phi) is 6.60. The van der Waals surface area contributed by atoms with Crippen molar-refractivity contribution in [2.24, 2.45) is 5.92 Å². The van der Waals surface area contributed by atoms with Crippen molar-refractivity contribution in [3.8, 4) is 17.7 Å². The molecule has 2 aromatic heterocycles. The Morgan fingerprint density at radius 3 is 2.89 bits per heavy atom. The third-order valence-corrected chi connectivity index (χ3v) is 4.82. The molecular formula is C21H20N4O2S. The molecule has 142 valence electrons. The lowest BCUT2D eigenvalue weighted by Crippen LogP contribution is -2.32. The molecule has 2 N–H and O–H groups in total. The van der Waals surface area contributed by atoms with Crippen molar-refractivity contribution in [1.29, 1.82) is 5.26 Å². The van der Waals surface area contributed by atoms with Crippen LogP contribution in [0.4, 0.5) is 10.5 Å². The Balaban J connectivity index is 1.50. The summed E-state index contributed by atoms with van der Waals surface area (Å²) in [5.41, 5.74) is 1.09. The van der Waals surface area contributed by atoms with Crippen molar-refractivity contribution in [3.05, 3.63) is 70.5 Å². The second-order valence-electron chi connectivity index (χ2n) is 6.35. The van der Waals surface area contributed by atoms with Gasteiger partial charge in [0.1, 0.15) is 11.8 Å². The normalized spacial score (nSPS) is 11.3. The van der Waals surface area contributed by atoms with Crippen molar-refractivity contribution in [1.82, 2.24) is 10.3 Å². The first-order chi connectivity index (χ1) is 13.6. The van der Waals surface area contributed by atoms with Gasteiger partial charge in [0.2, 0.25) is 5.88 Å². The molecule has 6 nitrogen and oxygen atoms in total. The fourth-order valence-corrected chi connectivity index (χ4v) is 3.42. The second-order valence-corrected chi connectivity index (χ2v) is 7.38. The summed E-state index contributed by atoms with van der Waals surface area (Å²) in [5.74, 6) is 1.27. The summed E-state index contributed by atoms with van der Waals surface area (Å²) >= 11 is 1.73. The molecule has 0 unspecified atom stereocenters. The zero-order valence-corrected chi connectivity index (χ0v) is 16.2. The highest BCUT2D eigenvalue weighted by atomic mass is 32.1. The maximum atomic E-state index is 12.2. The summed E-state index contributed by atoms with van der Waals surface area (Å²) in [6.45, 7) is 2.70. The van der Waals surface area contributed by atoms with E-state index in [1.807, 2.05) is 12.1 Å². The van der Waals surface area contributed by atoms with Gasteiger partial charge in [-0.1, -0.05) is 19.1 Å². The van der Waals surface area contributed by atoms with Gasteiger partial charge in [0.15, 0.2) is 0 Å². The minimum absolute atomic E-state index is 0.258. The Morgan fingerprint density at radius 2 is 2.18 bits per heavy atom. The molecule has 0 bridgehead atoms. The second kappa shape index (κ2) is 9.53. The van der Waals surface area contributed by atoms with E-state index >= 15 is 0 Å². The third-order valence-electron chi connectivity index (χ3n) is 3.92. The number of hydrogen-bond acceptors (Lipinski definition) is 5. The van der Waals surface area contributed by atoms with E-state index in [4.69, 9.17) is 10.00 Å². The average Bonchev–Trinajstić information content (AvgIpc) is 3.20. The van der Waals surface area contributed by atoms with Crippen LogP contribution in [0, 0.1) is 17.2 Å². The molecule has 2 amide bonds. The number of nitriles is 1. The summed E-state index contributed by atoms with van der Waals surface area (Å²) < 4.78 is 5.67. The van der Waals surface area contributed by atoms with Crippen LogP contribution in [0.5, 0.6) is 11.6 Å². The van der Waals surface area contributed by atoms with Gasteiger partial charge in [0.05, 0.1) is 5.56 Å². The molecule has 0 spiro atoms. The van der Waals surface area contributed by atoms with Crippen molar-refractivity contribution >= 4 is 23.1 Å². The number of urea groups is 1. The van der Waals surface area contributed by atoms with Crippen molar-refractivity contribution < 1.29 is 9.53 Å². The van der Waals surface area contributed by atoms with Gasteiger partial charge in [0.25, 0.3) is 0 Å². The topological polar surface area (TPSA) is 87.0 Å². The van der Waals surface area contributed by atoms with Crippen LogP contribution in [-0.4, -0.2) is 17.6 Å². The van der Waals surface area contributed by atoms with Crippen LogP contribution in [0.1, 0.15) is 17.4 Å². The first-order valence-electron chi connectivity index (χ1n) is 8.83. The summed E-state index contributed by atoms with van der Waals surface area (Å²) in [6, 6.07) is 16.2. The maximum Gasteiger partial charge on any atom is 0.319 e. The van der Waals surface area contributed by atoms with Crippen LogP contribution in [0.3, 0.4) is 0 Å². The highest BCUT2D eigenvalue weighted by molar-refractivity contribution is 7.09. The number of pyridine rings is 1. The number of rotatable bonds is 7. The van der Waals surface area contributed by atoms with Crippen LogP contribution >= 0.6 is 11.3 Å².